The number of para-hydroxylation sites is 2. The molecule has 4 heteroatoms. The Morgan fingerprint density at radius 2 is 1.09 bits per heavy atom. The smallest absolute Gasteiger partial charge is 0.135 e. The summed E-state index contributed by atoms with van der Waals surface area (Å²) in [6.45, 7) is 0. The van der Waals surface area contributed by atoms with Crippen molar-refractivity contribution >= 4 is 70.5 Å². The number of thiophene rings is 1. The zero-order valence-corrected chi connectivity index (χ0v) is 25.0. The van der Waals surface area contributed by atoms with Gasteiger partial charge in [0.1, 0.15) is 11.2 Å². The lowest BCUT2D eigenvalue weighted by atomic mass is 10.0. The Hall–Kier alpha value is -5.71. The number of benzene rings is 6. The van der Waals surface area contributed by atoms with Crippen LogP contribution in [0.5, 0.6) is 0 Å². The highest BCUT2D eigenvalue weighted by atomic mass is 32.1. The number of aromatic nitrogens is 1. The molecule has 0 spiro atoms. The number of fused-ring (bicyclic) bond motifs is 6. The standard InChI is InChI=1S/C41H26N2OS/c1-2-8-30(9-3-1)43(31-18-14-27(15-19-31)28-17-23-41-36(24-28)34-11-5-7-13-40(34)45-41)32-20-21-37(42-26-32)29-16-22-39-35(25-29)33-10-4-6-12-38(33)44-39/h1-26H. The largest absolute Gasteiger partial charge is 0.456 e. The average molecular weight is 595 g/mol. The van der Waals surface area contributed by atoms with E-state index >= 15 is 0 Å². The van der Waals surface area contributed by atoms with Gasteiger partial charge in [0.15, 0.2) is 0 Å². The van der Waals surface area contributed by atoms with Crippen molar-refractivity contribution in [1.82, 2.24) is 4.98 Å². The predicted octanol–water partition coefficient (Wildman–Crippen LogP) is 12.2. The van der Waals surface area contributed by atoms with Crippen molar-refractivity contribution in [3.63, 3.8) is 0 Å². The van der Waals surface area contributed by atoms with E-state index in [9.17, 15) is 0 Å². The molecule has 9 aromatic rings. The minimum Gasteiger partial charge on any atom is -0.456 e. The predicted molar refractivity (Wildman–Crippen MR) is 190 cm³/mol. The maximum atomic E-state index is 6.03. The van der Waals surface area contributed by atoms with Gasteiger partial charge in [-0.3, -0.25) is 4.98 Å². The minimum atomic E-state index is 0.888. The topological polar surface area (TPSA) is 29.3 Å². The molecule has 3 nitrogen and oxygen atoms in total. The van der Waals surface area contributed by atoms with E-state index in [0.29, 0.717) is 0 Å². The van der Waals surface area contributed by atoms with Gasteiger partial charge in [0, 0.05) is 47.9 Å². The molecule has 9 rings (SSSR count). The number of rotatable bonds is 5. The Bertz CT molecular complexity index is 2320. The van der Waals surface area contributed by atoms with Gasteiger partial charge in [0.25, 0.3) is 0 Å². The van der Waals surface area contributed by atoms with Crippen molar-refractivity contribution in [1.29, 1.82) is 0 Å². The third-order valence-corrected chi connectivity index (χ3v) is 9.68. The maximum absolute atomic E-state index is 6.03. The van der Waals surface area contributed by atoms with Crippen LogP contribution in [-0.2, 0) is 0 Å². The Labute approximate surface area is 264 Å². The van der Waals surface area contributed by atoms with Gasteiger partial charge in [-0.1, -0.05) is 72.8 Å². The van der Waals surface area contributed by atoms with E-state index in [-0.39, 0.29) is 0 Å². The molecular weight excluding hydrogens is 569 g/mol. The number of pyridine rings is 1. The summed E-state index contributed by atoms with van der Waals surface area (Å²) in [6, 6.07) is 53.5. The molecule has 0 N–H and O–H groups in total. The lowest BCUT2D eigenvalue weighted by Gasteiger charge is -2.25. The van der Waals surface area contributed by atoms with Gasteiger partial charge in [0.2, 0.25) is 0 Å². The molecule has 0 aliphatic rings. The van der Waals surface area contributed by atoms with Gasteiger partial charge in [0.05, 0.1) is 17.6 Å². The van der Waals surface area contributed by atoms with Crippen LogP contribution in [0.1, 0.15) is 0 Å². The summed E-state index contributed by atoms with van der Waals surface area (Å²) in [5, 5.41) is 4.86. The molecule has 6 aromatic carbocycles. The van der Waals surface area contributed by atoms with Crippen LogP contribution in [0.15, 0.2) is 162 Å². The molecule has 0 bridgehead atoms. The lowest BCUT2D eigenvalue weighted by Crippen LogP contribution is -2.10. The quantitative estimate of drug-likeness (QED) is 0.198. The fraction of sp³-hybridized carbons (Fsp3) is 0. The first-order valence-corrected chi connectivity index (χ1v) is 15.8. The number of hydrogen-bond donors (Lipinski definition) is 0. The fourth-order valence-electron chi connectivity index (χ4n) is 6.31. The van der Waals surface area contributed by atoms with Crippen molar-refractivity contribution in [2.45, 2.75) is 0 Å². The minimum absolute atomic E-state index is 0.888. The summed E-state index contributed by atoms with van der Waals surface area (Å²) in [5.74, 6) is 0. The fourth-order valence-corrected chi connectivity index (χ4v) is 7.39. The number of anilines is 3. The second-order valence-corrected chi connectivity index (χ2v) is 12.3. The van der Waals surface area contributed by atoms with Crippen molar-refractivity contribution in [2.75, 3.05) is 4.90 Å². The molecule has 0 aliphatic carbocycles. The van der Waals surface area contributed by atoms with E-state index in [1.165, 1.54) is 31.3 Å². The van der Waals surface area contributed by atoms with Crippen LogP contribution >= 0.6 is 11.3 Å². The van der Waals surface area contributed by atoms with Gasteiger partial charge in [-0.2, -0.15) is 0 Å². The summed E-state index contributed by atoms with van der Waals surface area (Å²) in [5.41, 5.74) is 9.34. The normalized spacial score (nSPS) is 11.6. The summed E-state index contributed by atoms with van der Waals surface area (Å²) in [7, 11) is 0. The molecule has 0 aliphatic heterocycles. The van der Waals surface area contributed by atoms with E-state index in [2.05, 4.69) is 126 Å². The third kappa shape index (κ3) is 4.46. The Balaban J connectivity index is 1.07. The van der Waals surface area contributed by atoms with Crippen LogP contribution in [0.3, 0.4) is 0 Å². The van der Waals surface area contributed by atoms with Crippen molar-refractivity contribution in [3.05, 3.63) is 158 Å². The highest BCUT2D eigenvalue weighted by molar-refractivity contribution is 7.25. The first-order chi connectivity index (χ1) is 22.3. The van der Waals surface area contributed by atoms with E-state index in [0.717, 1.165) is 50.3 Å². The van der Waals surface area contributed by atoms with E-state index in [1.54, 1.807) is 0 Å². The first kappa shape index (κ1) is 25.8. The van der Waals surface area contributed by atoms with Gasteiger partial charge in [-0.15, -0.1) is 11.3 Å². The second kappa shape index (κ2) is 10.5. The van der Waals surface area contributed by atoms with Crippen LogP contribution in [0.4, 0.5) is 17.1 Å². The number of furan rings is 1. The number of hydrogen-bond acceptors (Lipinski definition) is 4. The van der Waals surface area contributed by atoms with E-state index in [1.807, 2.05) is 47.9 Å². The summed E-state index contributed by atoms with van der Waals surface area (Å²) < 4.78 is 8.68. The molecule has 0 saturated carbocycles. The third-order valence-electron chi connectivity index (χ3n) is 8.53. The molecule has 3 aromatic heterocycles. The summed E-state index contributed by atoms with van der Waals surface area (Å²) >= 11 is 1.85. The van der Waals surface area contributed by atoms with E-state index in [4.69, 9.17) is 9.40 Å². The highest BCUT2D eigenvalue weighted by Crippen LogP contribution is 2.39. The molecular formula is C41H26N2OS. The summed E-state index contributed by atoms with van der Waals surface area (Å²) in [6.07, 6.45) is 1.96. The lowest BCUT2D eigenvalue weighted by molar-refractivity contribution is 0.669. The van der Waals surface area contributed by atoms with Crippen molar-refractivity contribution in [3.8, 4) is 22.4 Å². The summed E-state index contributed by atoms with van der Waals surface area (Å²) in [4.78, 5) is 7.19. The SMILES string of the molecule is c1ccc(N(c2ccc(-c3ccc4sc5ccccc5c4c3)cc2)c2ccc(-c3ccc4oc5ccccc5c4c3)nc2)cc1. The molecule has 212 valence electrons. The Kier molecular flexibility index (Phi) is 6.00. The van der Waals surface area contributed by atoms with Crippen molar-refractivity contribution in [2.24, 2.45) is 0 Å². The highest BCUT2D eigenvalue weighted by Gasteiger charge is 2.15. The first-order valence-electron chi connectivity index (χ1n) is 15.0. The molecule has 0 radical (unpaired) electrons. The maximum Gasteiger partial charge on any atom is 0.135 e. The van der Waals surface area contributed by atoms with Crippen LogP contribution in [0.25, 0.3) is 64.5 Å². The molecule has 45 heavy (non-hydrogen) atoms. The van der Waals surface area contributed by atoms with Gasteiger partial charge >= 0.3 is 0 Å². The zero-order valence-electron chi connectivity index (χ0n) is 24.2. The van der Waals surface area contributed by atoms with Crippen molar-refractivity contribution < 1.29 is 4.42 Å². The molecule has 0 unspecified atom stereocenters. The molecule has 0 amide bonds. The van der Waals surface area contributed by atoms with Gasteiger partial charge in [-0.05, 0) is 90.0 Å². The Morgan fingerprint density at radius 1 is 0.444 bits per heavy atom. The molecule has 0 saturated heterocycles. The molecule has 3 heterocycles. The zero-order chi connectivity index (χ0) is 29.7. The van der Waals surface area contributed by atoms with E-state index < -0.39 is 0 Å². The molecule has 0 fully saturated rings. The van der Waals surface area contributed by atoms with Gasteiger partial charge < -0.3 is 9.32 Å². The second-order valence-electron chi connectivity index (χ2n) is 11.2. The van der Waals surface area contributed by atoms with Crippen LogP contribution in [-0.4, -0.2) is 4.98 Å². The van der Waals surface area contributed by atoms with Crippen LogP contribution < -0.4 is 4.90 Å². The Morgan fingerprint density at radius 3 is 1.93 bits per heavy atom. The molecule has 0 atom stereocenters. The van der Waals surface area contributed by atoms with Crippen LogP contribution in [0.2, 0.25) is 0 Å². The van der Waals surface area contributed by atoms with Crippen LogP contribution in [0, 0.1) is 0 Å². The van der Waals surface area contributed by atoms with Gasteiger partial charge in [-0.25, -0.2) is 0 Å². The monoisotopic (exact) mass is 594 g/mol. The average Bonchev–Trinajstić information content (AvgIpc) is 3.67. The number of nitrogens with zero attached hydrogens (tertiary/aromatic N) is 2.